The summed E-state index contributed by atoms with van der Waals surface area (Å²) in [5, 5.41) is 2.75. The van der Waals surface area contributed by atoms with Crippen LogP contribution in [-0.2, 0) is 9.53 Å². The number of nitrogens with one attached hydrogen (secondary N) is 1. The number of ether oxygens (including phenoxy) is 1. The molecule has 1 heterocycles. The molecule has 1 aromatic carbocycles. The minimum absolute atomic E-state index is 0.0885. The number of anilines is 1. The van der Waals surface area contributed by atoms with Crippen molar-refractivity contribution in [3.8, 4) is 0 Å². The van der Waals surface area contributed by atoms with Crippen molar-refractivity contribution in [2.75, 3.05) is 11.9 Å². The number of carbonyl (C=O) groups excluding carboxylic acids is 3. The Balaban J connectivity index is 1.93. The summed E-state index contributed by atoms with van der Waals surface area (Å²) in [6, 6.07) is 8.28. The average Bonchev–Trinajstić information content (AvgIpc) is 2.91. The van der Waals surface area contributed by atoms with E-state index in [-0.39, 0.29) is 24.2 Å². The lowest BCUT2D eigenvalue weighted by atomic mass is 10.1. The Morgan fingerprint density at radius 2 is 1.76 bits per heavy atom. The maximum Gasteiger partial charge on any atom is 0.339 e. The Hall–Kier alpha value is -2.47. The number of hydrogen-bond acceptors (Lipinski definition) is 5. The van der Waals surface area contributed by atoms with Gasteiger partial charge in [-0.05, 0) is 44.2 Å². The molecule has 2 aromatic rings. The molecule has 0 saturated carbocycles. The fourth-order valence-electron chi connectivity index (χ4n) is 2.15. The molecule has 0 radical (unpaired) electrons. The van der Waals surface area contributed by atoms with Crippen LogP contribution in [-0.4, -0.2) is 24.3 Å². The van der Waals surface area contributed by atoms with Gasteiger partial charge in [-0.2, -0.15) is 0 Å². The molecular weight excluding hydrogens is 338 g/mol. The second-order valence-electron chi connectivity index (χ2n) is 6.05. The number of benzene rings is 1. The standard InChI is InChI=1S/C19H21NO4S/c1-11(2)18(22)20-15-7-5-14(6-8-15)17(21)10-24-19(23)16-9-12(3)25-13(16)4/h5-9,11H,10H2,1-4H3,(H,20,22). The van der Waals surface area contributed by atoms with E-state index in [0.29, 0.717) is 16.8 Å². The molecule has 0 spiro atoms. The van der Waals surface area contributed by atoms with E-state index in [0.717, 1.165) is 9.75 Å². The summed E-state index contributed by atoms with van der Waals surface area (Å²) in [5.74, 6) is -0.991. The molecule has 0 atom stereocenters. The van der Waals surface area contributed by atoms with Gasteiger partial charge in [0, 0.05) is 26.9 Å². The van der Waals surface area contributed by atoms with Crippen molar-refractivity contribution in [2.45, 2.75) is 27.7 Å². The molecule has 0 fully saturated rings. The Bertz CT molecular complexity index is 790. The third kappa shape index (κ3) is 5.00. The first-order valence-corrected chi connectivity index (χ1v) is 8.78. The van der Waals surface area contributed by atoms with Gasteiger partial charge in [-0.25, -0.2) is 4.79 Å². The second kappa shape index (κ2) is 8.07. The summed E-state index contributed by atoms with van der Waals surface area (Å²) < 4.78 is 5.11. The molecule has 132 valence electrons. The van der Waals surface area contributed by atoms with Crippen LogP contribution in [0.15, 0.2) is 30.3 Å². The third-order valence-electron chi connectivity index (χ3n) is 3.59. The number of esters is 1. The molecule has 0 aliphatic heterocycles. The van der Waals surface area contributed by atoms with Crippen LogP contribution in [0.25, 0.3) is 0 Å². The van der Waals surface area contributed by atoms with E-state index in [9.17, 15) is 14.4 Å². The van der Waals surface area contributed by atoms with Gasteiger partial charge in [0.2, 0.25) is 5.91 Å². The van der Waals surface area contributed by atoms with Crippen LogP contribution in [0.4, 0.5) is 5.69 Å². The van der Waals surface area contributed by atoms with Crippen LogP contribution in [0.1, 0.15) is 44.3 Å². The number of hydrogen-bond donors (Lipinski definition) is 1. The Morgan fingerprint density at radius 3 is 2.28 bits per heavy atom. The minimum atomic E-state index is -0.490. The van der Waals surface area contributed by atoms with Gasteiger partial charge in [-0.3, -0.25) is 9.59 Å². The Kier molecular flexibility index (Phi) is 6.09. The normalized spacial score (nSPS) is 10.6. The highest BCUT2D eigenvalue weighted by Crippen LogP contribution is 2.21. The monoisotopic (exact) mass is 359 g/mol. The van der Waals surface area contributed by atoms with Crippen molar-refractivity contribution in [1.82, 2.24) is 0 Å². The molecule has 1 aromatic heterocycles. The maximum atomic E-state index is 12.2. The third-order valence-corrected chi connectivity index (χ3v) is 4.56. The summed E-state index contributed by atoms with van der Waals surface area (Å²) in [4.78, 5) is 37.7. The molecule has 0 aliphatic carbocycles. The first kappa shape index (κ1) is 18.9. The highest BCUT2D eigenvalue weighted by molar-refractivity contribution is 7.12. The molecule has 0 aliphatic rings. The molecule has 1 N–H and O–H groups in total. The summed E-state index contributed by atoms with van der Waals surface area (Å²) in [6.07, 6.45) is 0. The lowest BCUT2D eigenvalue weighted by molar-refractivity contribution is -0.118. The first-order chi connectivity index (χ1) is 11.8. The molecule has 0 saturated heterocycles. The van der Waals surface area contributed by atoms with Gasteiger partial charge in [0.1, 0.15) is 0 Å². The molecular formula is C19H21NO4S. The van der Waals surface area contributed by atoms with Crippen molar-refractivity contribution in [2.24, 2.45) is 5.92 Å². The number of Topliss-reactive ketones (excluding diaryl/α,β-unsaturated/α-hetero) is 1. The van der Waals surface area contributed by atoms with Crippen molar-refractivity contribution in [1.29, 1.82) is 0 Å². The number of thiophene rings is 1. The van der Waals surface area contributed by atoms with Gasteiger partial charge in [-0.1, -0.05) is 13.8 Å². The first-order valence-electron chi connectivity index (χ1n) is 7.96. The van der Waals surface area contributed by atoms with Gasteiger partial charge in [-0.15, -0.1) is 11.3 Å². The Morgan fingerprint density at radius 1 is 1.12 bits per heavy atom. The van der Waals surface area contributed by atoms with Crippen LogP contribution >= 0.6 is 11.3 Å². The van der Waals surface area contributed by atoms with E-state index < -0.39 is 5.97 Å². The fraction of sp³-hybridized carbons (Fsp3) is 0.316. The van der Waals surface area contributed by atoms with E-state index in [4.69, 9.17) is 4.74 Å². The highest BCUT2D eigenvalue weighted by Gasteiger charge is 2.16. The largest absolute Gasteiger partial charge is 0.454 e. The fourth-order valence-corrected chi connectivity index (χ4v) is 3.06. The number of amides is 1. The summed E-state index contributed by atoms with van der Waals surface area (Å²) in [7, 11) is 0. The van der Waals surface area contributed by atoms with Crippen molar-refractivity contribution < 1.29 is 19.1 Å². The van der Waals surface area contributed by atoms with Gasteiger partial charge in [0.25, 0.3) is 0 Å². The van der Waals surface area contributed by atoms with Crippen molar-refractivity contribution in [3.63, 3.8) is 0 Å². The van der Waals surface area contributed by atoms with Crippen LogP contribution in [0.5, 0.6) is 0 Å². The second-order valence-corrected chi connectivity index (χ2v) is 7.51. The van der Waals surface area contributed by atoms with E-state index in [2.05, 4.69) is 5.32 Å². The predicted octanol–water partition coefficient (Wildman–Crippen LogP) is 4.00. The maximum absolute atomic E-state index is 12.2. The molecule has 0 unspecified atom stereocenters. The number of aryl methyl sites for hydroxylation is 2. The summed E-state index contributed by atoms with van der Waals surface area (Å²) in [5.41, 5.74) is 1.55. The van der Waals surface area contributed by atoms with Gasteiger partial charge in [0.05, 0.1) is 5.56 Å². The zero-order chi connectivity index (χ0) is 18.6. The van der Waals surface area contributed by atoms with E-state index >= 15 is 0 Å². The van der Waals surface area contributed by atoms with Crippen LogP contribution in [0, 0.1) is 19.8 Å². The summed E-state index contributed by atoms with van der Waals surface area (Å²) in [6.45, 7) is 7.06. The Labute approximate surface area is 151 Å². The van der Waals surface area contributed by atoms with Gasteiger partial charge in [0.15, 0.2) is 12.4 Å². The molecule has 1 amide bonds. The van der Waals surface area contributed by atoms with Crippen molar-refractivity contribution in [3.05, 3.63) is 51.2 Å². The van der Waals surface area contributed by atoms with E-state index in [1.54, 1.807) is 44.2 Å². The smallest absolute Gasteiger partial charge is 0.339 e. The highest BCUT2D eigenvalue weighted by atomic mass is 32.1. The zero-order valence-electron chi connectivity index (χ0n) is 14.7. The zero-order valence-corrected chi connectivity index (χ0v) is 15.5. The molecule has 6 heteroatoms. The average molecular weight is 359 g/mol. The van der Waals surface area contributed by atoms with Crippen LogP contribution < -0.4 is 5.32 Å². The number of ketones is 1. The van der Waals surface area contributed by atoms with E-state index in [1.165, 1.54) is 11.3 Å². The SMILES string of the molecule is Cc1cc(C(=O)OCC(=O)c2ccc(NC(=O)C(C)C)cc2)c(C)s1. The lowest BCUT2D eigenvalue weighted by Gasteiger charge is -2.08. The molecule has 5 nitrogen and oxygen atoms in total. The predicted molar refractivity (Wildman–Crippen MR) is 98.3 cm³/mol. The molecule has 2 rings (SSSR count). The van der Waals surface area contributed by atoms with E-state index in [1.807, 2.05) is 13.8 Å². The minimum Gasteiger partial charge on any atom is -0.454 e. The van der Waals surface area contributed by atoms with Crippen LogP contribution in [0.2, 0.25) is 0 Å². The van der Waals surface area contributed by atoms with Gasteiger partial charge >= 0.3 is 5.97 Å². The summed E-state index contributed by atoms with van der Waals surface area (Å²) >= 11 is 1.52. The topological polar surface area (TPSA) is 72.5 Å². The quantitative estimate of drug-likeness (QED) is 0.625. The molecule has 25 heavy (non-hydrogen) atoms. The number of rotatable bonds is 6. The van der Waals surface area contributed by atoms with Crippen molar-refractivity contribution >= 4 is 34.7 Å². The number of carbonyl (C=O) groups is 3. The molecule has 0 bridgehead atoms. The van der Waals surface area contributed by atoms with Gasteiger partial charge < -0.3 is 10.1 Å². The van der Waals surface area contributed by atoms with Crippen LogP contribution in [0.3, 0.4) is 0 Å². The lowest BCUT2D eigenvalue weighted by Crippen LogP contribution is -2.18.